The molecule has 0 aliphatic heterocycles. The van der Waals surface area contributed by atoms with Crippen molar-refractivity contribution in [3.8, 4) is 35.2 Å². The Morgan fingerprint density at radius 2 is 1.03 bits per heavy atom. The van der Waals surface area contributed by atoms with Crippen molar-refractivity contribution >= 4 is 116 Å². The second-order valence-electron chi connectivity index (χ2n) is 20.9. The summed E-state index contributed by atoms with van der Waals surface area (Å²) in [5.74, 6) is 4.26. The Morgan fingerprint density at radius 1 is 0.586 bits per heavy atom. The molecule has 0 saturated carbocycles. The lowest BCUT2D eigenvalue weighted by Gasteiger charge is -2.19. The van der Waals surface area contributed by atoms with Crippen molar-refractivity contribution in [2.75, 3.05) is 38.4 Å². The molecule has 6 rings (SSSR count). The van der Waals surface area contributed by atoms with E-state index in [0.717, 1.165) is 18.2 Å². The van der Waals surface area contributed by atoms with Gasteiger partial charge in [0.2, 0.25) is 0 Å². The van der Waals surface area contributed by atoms with E-state index in [-0.39, 0.29) is 72.8 Å². The van der Waals surface area contributed by atoms with Gasteiger partial charge in [0.1, 0.15) is 59.2 Å². The van der Waals surface area contributed by atoms with Crippen molar-refractivity contribution in [1.29, 1.82) is 0 Å². The molecule has 3 N–H and O–H groups in total. The van der Waals surface area contributed by atoms with Crippen LogP contribution in [0.5, 0.6) is 11.5 Å². The SMILES string of the molecule is Cc1c(Cl)ccc(C#CC(C)(C)OCC(=O)OCC[Si](C)(C)C)c1F.Cc1c(NC(=O)COc2ccc(Cl)cc2C(=O)c2cc(F)cc(Br)c2)ccc(C#CC(C)(C)OCC(=O)O)c1F.O=C(O)COc1ccc(Cl)cc1C(=O)c1cc(F)cc(Br)c1. The van der Waals surface area contributed by atoms with E-state index in [1.807, 2.05) is 0 Å². The van der Waals surface area contributed by atoms with Gasteiger partial charge in [0, 0.05) is 60.0 Å². The van der Waals surface area contributed by atoms with Crippen LogP contribution >= 0.6 is 66.7 Å². The first kappa shape index (κ1) is 72.4. The van der Waals surface area contributed by atoms with Crippen LogP contribution in [0.15, 0.2) is 106 Å². The maximum absolute atomic E-state index is 15.0. The number of aliphatic carboxylic acids is 2. The number of esters is 1. The minimum absolute atomic E-state index is 0.0261. The monoisotopic (exact) mass is 1400 g/mol. The summed E-state index contributed by atoms with van der Waals surface area (Å²) >= 11 is 24.0. The maximum atomic E-state index is 15.0. The second-order valence-corrected chi connectivity index (χ2v) is 29.7. The number of amides is 1. The number of halogens is 9. The first-order valence-electron chi connectivity index (χ1n) is 25.9. The van der Waals surface area contributed by atoms with Crippen molar-refractivity contribution in [1.82, 2.24) is 0 Å². The summed E-state index contributed by atoms with van der Waals surface area (Å²) in [6.45, 7) is 14.8. The fourth-order valence-electron chi connectivity index (χ4n) is 6.94. The molecule has 6 aromatic carbocycles. The smallest absolute Gasteiger partial charge is 0.341 e. The first-order chi connectivity index (χ1) is 40.5. The Balaban J connectivity index is 0.000000297. The van der Waals surface area contributed by atoms with Gasteiger partial charge in [0.15, 0.2) is 24.8 Å². The Labute approximate surface area is 533 Å². The van der Waals surface area contributed by atoms with Crippen molar-refractivity contribution in [3.05, 3.63) is 189 Å². The fourth-order valence-corrected chi connectivity index (χ4v) is 9.07. The molecule has 87 heavy (non-hydrogen) atoms. The molecule has 24 heteroatoms. The topological polar surface area (TPSA) is 201 Å². The predicted molar refractivity (Wildman–Crippen MR) is 333 cm³/mol. The summed E-state index contributed by atoms with van der Waals surface area (Å²) in [5, 5.41) is 20.8. The summed E-state index contributed by atoms with van der Waals surface area (Å²) in [6, 6.07) is 22.8. The van der Waals surface area contributed by atoms with Gasteiger partial charge in [0.25, 0.3) is 5.91 Å². The van der Waals surface area contributed by atoms with E-state index in [9.17, 15) is 46.3 Å². The van der Waals surface area contributed by atoms with Crippen molar-refractivity contribution in [3.63, 3.8) is 0 Å². The van der Waals surface area contributed by atoms with E-state index in [1.165, 1.54) is 85.8 Å². The minimum Gasteiger partial charge on any atom is -0.483 e. The van der Waals surface area contributed by atoms with Crippen LogP contribution in [-0.4, -0.2) is 97.9 Å². The number of carbonyl (C=O) groups is 6. The van der Waals surface area contributed by atoms with Gasteiger partial charge in [-0.05, 0) is 145 Å². The summed E-state index contributed by atoms with van der Waals surface area (Å²) < 4.78 is 83.6. The third kappa shape index (κ3) is 24.6. The van der Waals surface area contributed by atoms with Crippen LogP contribution in [0.3, 0.4) is 0 Å². The molecule has 0 bridgehead atoms. The average molecular weight is 1410 g/mol. The number of anilines is 1. The van der Waals surface area contributed by atoms with Gasteiger partial charge in [-0.15, -0.1) is 0 Å². The van der Waals surface area contributed by atoms with Crippen LogP contribution in [-0.2, 0) is 33.4 Å². The van der Waals surface area contributed by atoms with Gasteiger partial charge >= 0.3 is 17.9 Å². The van der Waals surface area contributed by atoms with Gasteiger partial charge in [-0.1, -0.05) is 110 Å². The Hall–Kier alpha value is -7.05. The predicted octanol–water partition coefficient (Wildman–Crippen LogP) is 14.9. The zero-order chi connectivity index (χ0) is 65.1. The second kappa shape index (κ2) is 32.8. The van der Waals surface area contributed by atoms with Gasteiger partial charge < -0.3 is 39.2 Å². The van der Waals surface area contributed by atoms with E-state index in [1.54, 1.807) is 40.7 Å². The molecular weight excluding hydrogens is 1350 g/mol. The van der Waals surface area contributed by atoms with Crippen LogP contribution in [0, 0.1) is 60.8 Å². The molecule has 0 aliphatic rings. The molecule has 6 aromatic rings. The fraction of sp³-hybridized carbons (Fsp3) is 0.270. The number of benzene rings is 6. The van der Waals surface area contributed by atoms with Gasteiger partial charge in [-0.3, -0.25) is 14.4 Å². The quantitative estimate of drug-likeness (QED) is 0.0214. The molecular formula is C63H58Br2Cl3F4NO13Si. The Bertz CT molecular complexity index is 3670. The molecule has 0 aromatic heterocycles. The van der Waals surface area contributed by atoms with Crippen LogP contribution in [0.1, 0.15) is 81.8 Å². The van der Waals surface area contributed by atoms with E-state index in [4.69, 9.17) is 68.7 Å². The minimum atomic E-state index is -1.23. The summed E-state index contributed by atoms with van der Waals surface area (Å²) in [5.41, 5.74) is -0.873. The zero-order valence-corrected chi connectivity index (χ0v) is 54.7. The average Bonchev–Trinajstić information content (AvgIpc) is 2.49. The maximum Gasteiger partial charge on any atom is 0.341 e. The zero-order valence-electron chi connectivity index (χ0n) is 48.3. The van der Waals surface area contributed by atoms with E-state index >= 15 is 0 Å². The Kier molecular flexibility index (Phi) is 27.3. The van der Waals surface area contributed by atoms with E-state index in [0.29, 0.717) is 26.1 Å². The van der Waals surface area contributed by atoms with Crippen LogP contribution in [0.25, 0.3) is 0 Å². The third-order valence-corrected chi connectivity index (χ3v) is 15.0. The molecule has 0 saturated heterocycles. The molecule has 0 radical (unpaired) electrons. The largest absolute Gasteiger partial charge is 0.483 e. The van der Waals surface area contributed by atoms with Crippen molar-refractivity contribution in [2.45, 2.75) is 78.4 Å². The molecule has 0 heterocycles. The molecule has 0 aliphatic carbocycles. The highest BCUT2D eigenvalue weighted by Gasteiger charge is 2.23. The lowest BCUT2D eigenvalue weighted by Crippen LogP contribution is -2.28. The number of carboxylic acid groups (broad SMARTS) is 2. The van der Waals surface area contributed by atoms with Gasteiger partial charge in [-0.25, -0.2) is 31.9 Å². The van der Waals surface area contributed by atoms with Crippen LogP contribution in [0.2, 0.25) is 40.8 Å². The van der Waals surface area contributed by atoms with Gasteiger partial charge in [-0.2, -0.15) is 0 Å². The number of ketones is 2. The first-order valence-corrected chi connectivity index (χ1v) is 32.3. The lowest BCUT2D eigenvalue weighted by atomic mass is 10.0. The van der Waals surface area contributed by atoms with Crippen molar-refractivity contribution < 1.29 is 80.2 Å². The lowest BCUT2D eigenvalue weighted by molar-refractivity contribution is -0.152. The standard InChI is InChI=1S/C29H23BrClF2NO6.C19H26ClFO3Si.C15H9BrClFO4/c1-16-23(6-4-17(27(16)33)8-9-29(2,3)40-15-26(36)37)34-25(35)14-39-24-7-5-20(31)13-22(24)28(38)18-10-19(30)12-21(32)11-18;1-14-16(20)8-7-15(18(14)21)9-10-19(2,3)24-13-17(22)23-11-12-25(4,5)6;16-9-3-8(4-11(18)5-9)15(21)12-6-10(17)1-2-13(12)22-7-14(19)20/h4-7,10-13H,14-15H2,1-3H3,(H,34,35)(H,36,37);7-8H,11-13H2,1-6H3;1-6H,7H2,(H,19,20). The summed E-state index contributed by atoms with van der Waals surface area (Å²) in [6.07, 6.45) is 0. The highest BCUT2D eigenvalue weighted by atomic mass is 79.9. The molecule has 0 spiro atoms. The van der Waals surface area contributed by atoms with Crippen molar-refractivity contribution in [2.24, 2.45) is 0 Å². The number of rotatable bonds is 20. The highest BCUT2D eigenvalue weighted by molar-refractivity contribution is 9.10. The van der Waals surface area contributed by atoms with Crippen LogP contribution < -0.4 is 14.8 Å². The van der Waals surface area contributed by atoms with Gasteiger partial charge in [0.05, 0.1) is 28.9 Å². The van der Waals surface area contributed by atoms with E-state index < -0.39 is 97.7 Å². The molecule has 0 atom stereocenters. The number of hydrogen-bond donors (Lipinski definition) is 3. The number of ether oxygens (including phenoxy) is 5. The molecule has 14 nitrogen and oxygen atoms in total. The molecule has 460 valence electrons. The normalized spacial score (nSPS) is 11.0. The molecule has 0 unspecified atom stereocenters. The number of hydrogen-bond acceptors (Lipinski definition) is 11. The number of nitrogens with one attached hydrogen (secondary N) is 1. The highest BCUT2D eigenvalue weighted by Crippen LogP contribution is 2.30. The summed E-state index contributed by atoms with van der Waals surface area (Å²) in [4.78, 5) is 71.2. The number of carboxylic acids is 2. The molecule has 1 amide bonds. The third-order valence-electron chi connectivity index (χ3n) is 11.5. The summed E-state index contributed by atoms with van der Waals surface area (Å²) in [7, 11) is -1.23. The Morgan fingerprint density at radius 3 is 1.49 bits per heavy atom. The van der Waals surface area contributed by atoms with Crippen LogP contribution in [0.4, 0.5) is 23.2 Å². The van der Waals surface area contributed by atoms with E-state index in [2.05, 4.69) is 80.5 Å². The molecule has 0 fully saturated rings. The number of carbonyl (C=O) groups excluding carboxylic acids is 4.